The van der Waals surface area contributed by atoms with Gasteiger partial charge in [0.1, 0.15) is 17.4 Å². The van der Waals surface area contributed by atoms with Crippen LogP contribution in [-0.4, -0.2) is 16.7 Å². The monoisotopic (exact) mass is 394 g/mol. The van der Waals surface area contributed by atoms with E-state index in [9.17, 15) is 9.18 Å². The molecule has 1 aromatic heterocycles. The van der Waals surface area contributed by atoms with Crippen molar-refractivity contribution >= 4 is 22.5 Å². The number of rotatable bonds is 4. The molecule has 1 heterocycles. The maximum absolute atomic E-state index is 14.1. The van der Waals surface area contributed by atoms with Crippen molar-refractivity contribution < 1.29 is 9.13 Å². The molecule has 0 atom stereocenters. The fraction of sp³-hybridized carbons (Fsp3) is 0.0909. The molecule has 4 rings (SSSR count). The Balaban J connectivity index is 1.99. The molecule has 140 valence electrons. The van der Waals surface area contributed by atoms with Gasteiger partial charge in [-0.25, -0.2) is 9.37 Å². The summed E-state index contributed by atoms with van der Waals surface area (Å²) in [6, 6.07) is 19.1. The fourth-order valence-corrected chi connectivity index (χ4v) is 3.21. The van der Waals surface area contributed by atoms with Gasteiger partial charge in [-0.1, -0.05) is 41.9 Å². The van der Waals surface area contributed by atoms with Gasteiger partial charge >= 0.3 is 0 Å². The quantitative estimate of drug-likeness (QED) is 0.494. The average Bonchev–Trinajstić information content (AvgIpc) is 2.72. The first-order chi connectivity index (χ1) is 13.6. The van der Waals surface area contributed by atoms with E-state index in [4.69, 9.17) is 16.3 Å². The number of fused-ring (bicyclic) bond motifs is 1. The molecular weight excluding hydrogens is 379 g/mol. The molecule has 0 saturated carbocycles. The lowest BCUT2D eigenvalue weighted by Crippen LogP contribution is -2.24. The minimum Gasteiger partial charge on any atom is -0.497 e. The van der Waals surface area contributed by atoms with Crippen LogP contribution < -0.4 is 10.3 Å². The summed E-state index contributed by atoms with van der Waals surface area (Å²) in [6.07, 6.45) is 0. The molecule has 0 spiro atoms. The van der Waals surface area contributed by atoms with Crippen LogP contribution in [0.25, 0.3) is 22.3 Å². The van der Waals surface area contributed by atoms with Crippen LogP contribution in [-0.2, 0) is 6.54 Å². The van der Waals surface area contributed by atoms with Crippen molar-refractivity contribution in [2.75, 3.05) is 7.11 Å². The molecule has 0 unspecified atom stereocenters. The summed E-state index contributed by atoms with van der Waals surface area (Å²) in [6.45, 7) is 0.305. The lowest BCUT2D eigenvalue weighted by molar-refractivity contribution is 0.415. The number of nitrogens with zero attached hydrogens (tertiary/aromatic N) is 2. The standard InChI is InChI=1S/C22H16ClFN2O2/c1-28-16-8-10-20-17(12-16)22(27)26(13-14-5-3-2-4-6-14)21(25-20)15-7-9-18(23)19(24)11-15/h2-12H,13H2,1H3. The molecule has 0 aliphatic heterocycles. The van der Waals surface area contributed by atoms with Crippen molar-refractivity contribution in [2.45, 2.75) is 6.54 Å². The first kappa shape index (κ1) is 18.2. The summed E-state index contributed by atoms with van der Waals surface area (Å²) in [5.41, 5.74) is 1.70. The topological polar surface area (TPSA) is 44.1 Å². The first-order valence-electron chi connectivity index (χ1n) is 8.65. The number of methoxy groups -OCH3 is 1. The second-order valence-corrected chi connectivity index (χ2v) is 6.73. The molecule has 0 aliphatic carbocycles. The molecule has 3 aromatic carbocycles. The number of hydrogen-bond donors (Lipinski definition) is 0. The molecule has 0 fully saturated rings. The van der Waals surface area contributed by atoms with Gasteiger partial charge in [-0.05, 0) is 42.0 Å². The number of hydrogen-bond acceptors (Lipinski definition) is 3. The van der Waals surface area contributed by atoms with E-state index in [1.807, 2.05) is 30.3 Å². The summed E-state index contributed by atoms with van der Waals surface area (Å²) in [5, 5.41) is 0.458. The van der Waals surface area contributed by atoms with Crippen LogP contribution in [0.1, 0.15) is 5.56 Å². The molecule has 0 amide bonds. The average molecular weight is 395 g/mol. The van der Waals surface area contributed by atoms with E-state index in [0.717, 1.165) is 5.56 Å². The van der Waals surface area contributed by atoms with Gasteiger partial charge in [-0.15, -0.1) is 0 Å². The lowest BCUT2D eigenvalue weighted by Gasteiger charge is -2.15. The fourth-order valence-electron chi connectivity index (χ4n) is 3.10. The van der Waals surface area contributed by atoms with E-state index in [0.29, 0.717) is 34.6 Å². The van der Waals surface area contributed by atoms with Gasteiger partial charge < -0.3 is 4.74 Å². The number of ether oxygens (including phenoxy) is 1. The first-order valence-corrected chi connectivity index (χ1v) is 9.02. The molecular formula is C22H16ClFN2O2. The Morgan fingerprint density at radius 2 is 1.86 bits per heavy atom. The maximum atomic E-state index is 14.1. The van der Waals surface area contributed by atoms with Gasteiger partial charge in [-0.2, -0.15) is 0 Å². The predicted molar refractivity (Wildman–Crippen MR) is 109 cm³/mol. The highest BCUT2D eigenvalue weighted by molar-refractivity contribution is 6.30. The van der Waals surface area contributed by atoms with E-state index in [-0.39, 0.29) is 10.6 Å². The zero-order valence-electron chi connectivity index (χ0n) is 15.0. The van der Waals surface area contributed by atoms with Crippen molar-refractivity contribution in [3.63, 3.8) is 0 Å². The second kappa shape index (κ2) is 7.44. The van der Waals surface area contributed by atoms with Crippen LogP contribution >= 0.6 is 11.6 Å². The zero-order valence-corrected chi connectivity index (χ0v) is 15.8. The maximum Gasteiger partial charge on any atom is 0.262 e. The Labute approximate surface area is 165 Å². The van der Waals surface area contributed by atoms with Crippen molar-refractivity contribution in [2.24, 2.45) is 0 Å². The van der Waals surface area contributed by atoms with E-state index < -0.39 is 5.82 Å². The highest BCUT2D eigenvalue weighted by Gasteiger charge is 2.15. The van der Waals surface area contributed by atoms with Gasteiger partial charge in [-0.3, -0.25) is 9.36 Å². The summed E-state index contributed by atoms with van der Waals surface area (Å²) < 4.78 is 20.9. The number of benzene rings is 3. The Hall–Kier alpha value is -3.18. The van der Waals surface area contributed by atoms with Gasteiger partial charge in [0.05, 0.1) is 29.6 Å². The van der Waals surface area contributed by atoms with Crippen molar-refractivity contribution in [3.8, 4) is 17.1 Å². The van der Waals surface area contributed by atoms with Crippen LogP contribution in [0.5, 0.6) is 5.75 Å². The van der Waals surface area contributed by atoms with Crippen LogP contribution in [0.2, 0.25) is 5.02 Å². The largest absolute Gasteiger partial charge is 0.497 e. The third kappa shape index (κ3) is 3.37. The van der Waals surface area contributed by atoms with Crippen LogP contribution in [0.15, 0.2) is 71.5 Å². The Kier molecular flexibility index (Phi) is 4.84. The lowest BCUT2D eigenvalue weighted by atomic mass is 10.1. The SMILES string of the molecule is COc1ccc2nc(-c3ccc(Cl)c(F)c3)n(Cc3ccccc3)c(=O)c2c1. The molecule has 28 heavy (non-hydrogen) atoms. The molecule has 6 heteroatoms. The highest BCUT2D eigenvalue weighted by atomic mass is 35.5. The molecule has 4 nitrogen and oxygen atoms in total. The van der Waals surface area contributed by atoms with E-state index in [1.54, 1.807) is 35.9 Å². The Bertz CT molecular complexity index is 1220. The normalized spacial score (nSPS) is 11.0. The van der Waals surface area contributed by atoms with Crippen LogP contribution in [0.4, 0.5) is 4.39 Å². The summed E-state index contributed by atoms with van der Waals surface area (Å²) in [5.74, 6) is 0.388. The van der Waals surface area contributed by atoms with Crippen molar-refractivity contribution in [3.05, 3.63) is 93.5 Å². The predicted octanol–water partition coefficient (Wildman–Crippen LogP) is 4.91. The second-order valence-electron chi connectivity index (χ2n) is 6.32. The zero-order chi connectivity index (χ0) is 19.7. The smallest absolute Gasteiger partial charge is 0.262 e. The van der Waals surface area contributed by atoms with E-state index >= 15 is 0 Å². The molecule has 0 bridgehead atoms. The minimum absolute atomic E-state index is 0.0197. The highest BCUT2D eigenvalue weighted by Crippen LogP contribution is 2.25. The van der Waals surface area contributed by atoms with Crippen LogP contribution in [0, 0.1) is 5.82 Å². The van der Waals surface area contributed by atoms with Gasteiger partial charge in [0.15, 0.2) is 0 Å². The van der Waals surface area contributed by atoms with Gasteiger partial charge in [0.2, 0.25) is 0 Å². The summed E-state index contributed by atoms with van der Waals surface area (Å²) >= 11 is 5.82. The Morgan fingerprint density at radius 1 is 1.07 bits per heavy atom. The Morgan fingerprint density at radius 3 is 2.57 bits per heavy atom. The molecule has 4 aromatic rings. The van der Waals surface area contributed by atoms with Gasteiger partial charge in [0, 0.05) is 5.56 Å². The van der Waals surface area contributed by atoms with Crippen molar-refractivity contribution in [1.82, 2.24) is 9.55 Å². The minimum atomic E-state index is -0.561. The van der Waals surface area contributed by atoms with E-state index in [2.05, 4.69) is 4.98 Å². The summed E-state index contributed by atoms with van der Waals surface area (Å²) in [7, 11) is 1.54. The third-order valence-corrected chi connectivity index (χ3v) is 4.83. The third-order valence-electron chi connectivity index (χ3n) is 4.52. The molecule has 0 saturated heterocycles. The van der Waals surface area contributed by atoms with Crippen LogP contribution in [0.3, 0.4) is 0 Å². The molecule has 0 aliphatic rings. The molecule has 0 N–H and O–H groups in total. The van der Waals surface area contributed by atoms with E-state index in [1.165, 1.54) is 12.1 Å². The van der Waals surface area contributed by atoms with Gasteiger partial charge in [0.25, 0.3) is 5.56 Å². The van der Waals surface area contributed by atoms with Crippen molar-refractivity contribution in [1.29, 1.82) is 0 Å². The number of halogens is 2. The molecule has 0 radical (unpaired) electrons. The number of aromatic nitrogens is 2. The summed E-state index contributed by atoms with van der Waals surface area (Å²) in [4.78, 5) is 17.9.